The summed E-state index contributed by atoms with van der Waals surface area (Å²) in [6.45, 7) is 24.3. The number of esters is 4. The van der Waals surface area contributed by atoms with Gasteiger partial charge >= 0.3 is 23.9 Å². The van der Waals surface area contributed by atoms with E-state index in [1.807, 2.05) is 50.3 Å². The quantitative estimate of drug-likeness (QED) is 0.0601. The molecule has 10 atom stereocenters. The molecule has 0 N–H and O–H groups in total. The highest BCUT2D eigenvalue weighted by Crippen LogP contribution is 2.62. The minimum Gasteiger partial charge on any atom is -0.467 e. The zero-order valence-corrected chi connectivity index (χ0v) is 36.7. The summed E-state index contributed by atoms with van der Waals surface area (Å²) >= 11 is 0. The Hall–Kier alpha value is -3.10. The van der Waals surface area contributed by atoms with Crippen LogP contribution in [0, 0.1) is 17.8 Å². The van der Waals surface area contributed by atoms with Crippen LogP contribution >= 0.6 is 0 Å². The molecule has 3 aliphatic heterocycles. The molecule has 0 unspecified atom stereocenters. The summed E-state index contributed by atoms with van der Waals surface area (Å²) in [6, 6.07) is 9.89. The lowest BCUT2D eigenvalue weighted by molar-refractivity contribution is -0.429. The molecule has 0 saturated carbocycles. The fraction of sp³-hybridized carbons (Fsp3) is 0.721. The van der Waals surface area contributed by atoms with Crippen molar-refractivity contribution in [3.8, 4) is 0 Å². The van der Waals surface area contributed by atoms with E-state index in [4.69, 9.17) is 37.6 Å². The third kappa shape index (κ3) is 8.81. The van der Waals surface area contributed by atoms with E-state index in [2.05, 4.69) is 48.1 Å². The molecule has 0 aromatic heterocycles. The van der Waals surface area contributed by atoms with Gasteiger partial charge in [0.25, 0.3) is 0 Å². The molecular formula is C43H66O12Si. The summed E-state index contributed by atoms with van der Waals surface area (Å²) in [4.78, 5) is 54.8. The van der Waals surface area contributed by atoms with E-state index in [0.29, 0.717) is 24.3 Å². The van der Waals surface area contributed by atoms with Crippen molar-refractivity contribution in [1.82, 2.24) is 0 Å². The van der Waals surface area contributed by atoms with Gasteiger partial charge in [-0.1, -0.05) is 91.8 Å². The second-order valence-electron chi connectivity index (χ2n) is 17.7. The van der Waals surface area contributed by atoms with E-state index < -0.39 is 73.6 Å². The zero-order chi connectivity index (χ0) is 41.9. The van der Waals surface area contributed by atoms with Crippen LogP contribution in [0.2, 0.25) is 18.1 Å². The molecule has 0 radical (unpaired) electrons. The van der Waals surface area contributed by atoms with Crippen molar-refractivity contribution in [3.63, 3.8) is 0 Å². The van der Waals surface area contributed by atoms with Crippen LogP contribution in [0.4, 0.5) is 0 Å². The topological polar surface area (TPSA) is 142 Å². The lowest BCUT2D eigenvalue weighted by Crippen LogP contribution is -2.83. The Bertz CT molecular complexity index is 1570. The van der Waals surface area contributed by atoms with Crippen LogP contribution in [-0.4, -0.2) is 94.4 Å². The Kier molecular flexibility index (Phi) is 14.5. The van der Waals surface area contributed by atoms with Crippen molar-refractivity contribution in [3.05, 3.63) is 48.0 Å². The third-order valence-electron chi connectivity index (χ3n) is 12.5. The highest BCUT2D eigenvalue weighted by Gasteiger charge is 2.89. The van der Waals surface area contributed by atoms with E-state index in [1.165, 1.54) is 21.1 Å². The number of ether oxygens (including phenoxy) is 7. The molecule has 0 aliphatic carbocycles. The highest BCUT2D eigenvalue weighted by atomic mass is 28.4. The monoisotopic (exact) mass is 802 g/mol. The van der Waals surface area contributed by atoms with E-state index >= 15 is 0 Å². The Labute approximate surface area is 334 Å². The lowest BCUT2D eigenvalue weighted by Gasteiger charge is -2.58. The van der Waals surface area contributed by atoms with E-state index in [1.54, 1.807) is 0 Å². The van der Waals surface area contributed by atoms with Gasteiger partial charge in [0.2, 0.25) is 11.2 Å². The number of fused-ring (bicyclic) bond motifs is 4. The maximum Gasteiger partial charge on any atom is 0.346 e. The highest BCUT2D eigenvalue weighted by molar-refractivity contribution is 6.74. The van der Waals surface area contributed by atoms with Gasteiger partial charge in [0, 0.05) is 25.7 Å². The summed E-state index contributed by atoms with van der Waals surface area (Å²) in [5.74, 6) is -4.15. The number of rotatable bonds is 19. The molecule has 12 nitrogen and oxygen atoms in total. The van der Waals surface area contributed by atoms with Crippen LogP contribution in [0.25, 0.3) is 0 Å². The summed E-state index contributed by atoms with van der Waals surface area (Å²) in [7, 11) is -0.452. The summed E-state index contributed by atoms with van der Waals surface area (Å²) in [5.41, 5.74) is -2.87. The summed E-state index contributed by atoms with van der Waals surface area (Å²) < 4.78 is 49.8. The number of benzene rings is 1. The van der Waals surface area contributed by atoms with Gasteiger partial charge in [-0.3, -0.25) is 9.59 Å². The molecule has 3 saturated heterocycles. The predicted octanol–water partition coefficient (Wildman–Crippen LogP) is 7.27. The van der Waals surface area contributed by atoms with Gasteiger partial charge in [-0.05, 0) is 66.8 Å². The summed E-state index contributed by atoms with van der Waals surface area (Å²) in [5, 5.41) is -0.352. The van der Waals surface area contributed by atoms with Gasteiger partial charge in [-0.15, -0.1) is 0 Å². The first-order chi connectivity index (χ1) is 26.1. The van der Waals surface area contributed by atoms with Gasteiger partial charge in [0.05, 0.1) is 20.8 Å². The first kappa shape index (κ1) is 45.6. The minimum atomic E-state index is -2.80. The molecular weight excluding hydrogens is 737 g/mol. The van der Waals surface area contributed by atoms with Crippen LogP contribution in [0.15, 0.2) is 42.5 Å². The van der Waals surface area contributed by atoms with Crippen molar-refractivity contribution in [2.75, 3.05) is 20.8 Å². The molecule has 0 amide bonds. The van der Waals surface area contributed by atoms with E-state index in [9.17, 15) is 19.2 Å². The molecule has 56 heavy (non-hydrogen) atoms. The van der Waals surface area contributed by atoms with Gasteiger partial charge < -0.3 is 37.6 Å². The second-order valence-corrected chi connectivity index (χ2v) is 22.5. The van der Waals surface area contributed by atoms with Crippen molar-refractivity contribution < 1.29 is 56.8 Å². The average molecular weight is 803 g/mol. The molecule has 314 valence electrons. The number of carbonyl (C=O) groups excluding carboxylic acids is 4. The first-order valence-electron chi connectivity index (χ1n) is 20.1. The van der Waals surface area contributed by atoms with Crippen LogP contribution in [0.5, 0.6) is 0 Å². The zero-order valence-electron chi connectivity index (χ0n) is 35.7. The van der Waals surface area contributed by atoms with Gasteiger partial charge in [-0.25, -0.2) is 9.59 Å². The second kappa shape index (κ2) is 17.8. The van der Waals surface area contributed by atoms with Crippen LogP contribution in [-0.2, 0) is 63.2 Å². The fourth-order valence-corrected chi connectivity index (χ4v) is 9.41. The largest absolute Gasteiger partial charge is 0.467 e. The minimum absolute atomic E-state index is 0.0352. The molecule has 3 aliphatic rings. The Balaban J connectivity index is 1.82. The maximum atomic E-state index is 14.5. The molecule has 0 spiro atoms. The first-order valence-corrected chi connectivity index (χ1v) is 23.0. The molecule has 3 fully saturated rings. The van der Waals surface area contributed by atoms with Crippen molar-refractivity contribution in [2.45, 2.75) is 160 Å². The lowest BCUT2D eigenvalue weighted by atomic mass is 9.71. The van der Waals surface area contributed by atoms with Gasteiger partial charge in [0.1, 0.15) is 18.3 Å². The molecule has 4 rings (SSSR count). The van der Waals surface area contributed by atoms with Crippen molar-refractivity contribution in [1.29, 1.82) is 0 Å². The Morgan fingerprint density at radius 3 is 2.11 bits per heavy atom. The van der Waals surface area contributed by atoms with E-state index in [0.717, 1.165) is 18.4 Å². The molecule has 3 heterocycles. The van der Waals surface area contributed by atoms with Crippen LogP contribution in [0.1, 0.15) is 99.5 Å². The standard InChI is InChI=1S/C43H66O12Si/c1-14-27(2)24-28(3)20-21-34(45)52-37-36(54-56(12,13)40(7,8)9)41(53-33-26-50-42(33,38(46)48-10)43(37,55-41)39(47)49-11)23-22-29(4)35(51-31(6)44)30(5)25-32-18-16-15-17-19-32/h15-19,27-28,30,33,35-37H,4,14,20-26H2,1-3,5-13H3/t27-,28+,30+,33+,35+,36+,37+,41+,42+,43+/m0/s1. The smallest absolute Gasteiger partial charge is 0.346 e. The van der Waals surface area contributed by atoms with Gasteiger partial charge in [-0.2, -0.15) is 0 Å². The Morgan fingerprint density at radius 1 is 0.946 bits per heavy atom. The number of methoxy groups -OCH3 is 2. The van der Waals surface area contributed by atoms with Crippen LogP contribution < -0.4 is 0 Å². The van der Waals surface area contributed by atoms with Crippen LogP contribution in [0.3, 0.4) is 0 Å². The third-order valence-corrected chi connectivity index (χ3v) is 16.9. The molecule has 1 aromatic rings. The fourth-order valence-electron chi connectivity index (χ4n) is 8.12. The maximum absolute atomic E-state index is 14.5. The summed E-state index contributed by atoms with van der Waals surface area (Å²) in [6.07, 6.45) is -1.06. The number of hydrogen-bond donors (Lipinski definition) is 0. The average Bonchev–Trinajstić information content (AvgIpc) is 3.36. The predicted molar refractivity (Wildman–Crippen MR) is 212 cm³/mol. The molecule has 1 aromatic carbocycles. The van der Waals surface area contributed by atoms with Crippen molar-refractivity contribution in [2.24, 2.45) is 17.8 Å². The number of hydrogen-bond acceptors (Lipinski definition) is 12. The van der Waals surface area contributed by atoms with Crippen molar-refractivity contribution >= 4 is 32.2 Å². The van der Waals surface area contributed by atoms with E-state index in [-0.39, 0.29) is 42.7 Å². The Morgan fingerprint density at radius 2 is 1.57 bits per heavy atom. The SMILES string of the molecule is C=C(CC[C@@]12O[C@@H]3CO[C@]3(C(=O)OC)[C@@](C(=O)OC)(O1)[C@H](OC(=O)CC[C@@H](C)C[C@@H](C)CC)[C@H]2O[Si](C)(C)C(C)(C)C)[C@@H](OC(C)=O)[C@H](C)Cc1ccccc1. The normalized spacial score (nSPS) is 29.1. The van der Waals surface area contributed by atoms with Gasteiger partial charge in [0.15, 0.2) is 20.2 Å². The molecule has 2 bridgehead atoms. The number of carbonyl (C=O) groups is 4. The molecule has 13 heteroatoms.